The lowest BCUT2D eigenvalue weighted by Gasteiger charge is -2.34. The van der Waals surface area contributed by atoms with Crippen molar-refractivity contribution in [2.75, 3.05) is 0 Å². The molecular weight excluding hydrogens is 254 g/mol. The first kappa shape index (κ1) is 17.3. The average Bonchev–Trinajstić information content (AvgIpc) is 2.25. The first-order valence-electron chi connectivity index (χ1n) is 7.80. The lowest BCUT2D eigenvalue weighted by Crippen LogP contribution is -2.51. The molecule has 2 N–H and O–H groups in total. The minimum absolute atomic E-state index is 0.263. The monoisotopic (exact) mass is 285 g/mol. The molecule has 1 aliphatic carbocycles. The maximum absolute atomic E-state index is 11.9. The van der Waals surface area contributed by atoms with E-state index in [9.17, 15) is 9.90 Å². The maximum Gasteiger partial charge on any atom is 0.407 e. The maximum atomic E-state index is 11.9. The average molecular weight is 285 g/mol. The Balaban J connectivity index is 2.58. The van der Waals surface area contributed by atoms with E-state index in [1.54, 1.807) is 13.8 Å². The summed E-state index contributed by atoms with van der Waals surface area (Å²) in [4.78, 5) is 11.9. The van der Waals surface area contributed by atoms with E-state index in [-0.39, 0.29) is 6.04 Å². The summed E-state index contributed by atoms with van der Waals surface area (Å²) in [6, 6.07) is -0.263. The summed E-state index contributed by atoms with van der Waals surface area (Å²) in [5.74, 6) is 0.593. The number of hydrogen-bond acceptors (Lipinski definition) is 3. The molecule has 1 saturated carbocycles. The van der Waals surface area contributed by atoms with Gasteiger partial charge in [-0.05, 0) is 47.0 Å². The van der Waals surface area contributed by atoms with Gasteiger partial charge in [0.05, 0.1) is 11.6 Å². The van der Waals surface area contributed by atoms with E-state index in [2.05, 4.69) is 5.32 Å². The zero-order valence-corrected chi connectivity index (χ0v) is 13.7. The van der Waals surface area contributed by atoms with Crippen molar-refractivity contribution in [3.05, 3.63) is 0 Å². The molecule has 1 rings (SSSR count). The molecule has 0 aromatic carbocycles. The van der Waals surface area contributed by atoms with Crippen LogP contribution in [0.15, 0.2) is 0 Å². The Labute approximate surface area is 123 Å². The lowest BCUT2D eigenvalue weighted by atomic mass is 9.81. The van der Waals surface area contributed by atoms with Gasteiger partial charge in [-0.2, -0.15) is 0 Å². The molecule has 20 heavy (non-hydrogen) atoms. The van der Waals surface area contributed by atoms with Crippen LogP contribution in [0.1, 0.15) is 73.1 Å². The SMILES string of the molecule is CC(C)(C)OC(=O)N[C@@H](CC1CCCCC1)C(C)(C)O. The molecule has 1 aliphatic rings. The predicted octanol–water partition coefficient (Wildman–Crippen LogP) is 3.62. The summed E-state index contributed by atoms with van der Waals surface area (Å²) >= 11 is 0. The van der Waals surface area contributed by atoms with E-state index in [0.717, 1.165) is 6.42 Å². The smallest absolute Gasteiger partial charge is 0.407 e. The third-order valence-corrected chi connectivity index (χ3v) is 3.84. The Morgan fingerprint density at radius 2 is 1.75 bits per heavy atom. The molecule has 0 aliphatic heterocycles. The van der Waals surface area contributed by atoms with E-state index < -0.39 is 17.3 Å². The molecule has 0 heterocycles. The fourth-order valence-corrected chi connectivity index (χ4v) is 2.73. The number of aliphatic hydroxyl groups is 1. The molecule has 1 amide bonds. The topological polar surface area (TPSA) is 58.6 Å². The second kappa shape index (κ2) is 6.79. The first-order valence-corrected chi connectivity index (χ1v) is 7.80. The van der Waals surface area contributed by atoms with Crippen LogP contribution >= 0.6 is 0 Å². The van der Waals surface area contributed by atoms with Gasteiger partial charge in [0.25, 0.3) is 0 Å². The number of rotatable bonds is 4. The van der Waals surface area contributed by atoms with E-state index in [0.29, 0.717) is 5.92 Å². The predicted molar refractivity (Wildman–Crippen MR) is 80.6 cm³/mol. The van der Waals surface area contributed by atoms with Crippen molar-refractivity contribution < 1.29 is 14.6 Å². The minimum atomic E-state index is -0.936. The molecule has 118 valence electrons. The summed E-state index contributed by atoms with van der Waals surface area (Å²) in [6.45, 7) is 9.02. The lowest BCUT2D eigenvalue weighted by molar-refractivity contribution is 0.00918. The second-order valence-corrected chi connectivity index (χ2v) is 7.59. The van der Waals surface area contributed by atoms with Gasteiger partial charge in [0, 0.05) is 0 Å². The molecule has 0 bridgehead atoms. The highest BCUT2D eigenvalue weighted by Gasteiger charge is 2.32. The fraction of sp³-hybridized carbons (Fsp3) is 0.938. The number of nitrogens with one attached hydrogen (secondary N) is 1. The molecule has 0 aromatic heterocycles. The standard InChI is InChI=1S/C16H31NO3/c1-15(2,3)20-14(18)17-13(16(4,5)19)11-12-9-7-6-8-10-12/h12-13,19H,6-11H2,1-5H3,(H,17,18)/t13-/m0/s1. The van der Waals surface area contributed by atoms with Gasteiger partial charge in [0.15, 0.2) is 0 Å². The molecule has 4 nitrogen and oxygen atoms in total. The third-order valence-electron chi connectivity index (χ3n) is 3.84. The van der Waals surface area contributed by atoms with Crippen LogP contribution in [0.2, 0.25) is 0 Å². The van der Waals surface area contributed by atoms with Crippen LogP contribution in [0, 0.1) is 5.92 Å². The molecule has 0 radical (unpaired) electrons. The first-order chi connectivity index (χ1) is 9.08. The quantitative estimate of drug-likeness (QED) is 0.829. The van der Waals surface area contributed by atoms with Gasteiger partial charge >= 0.3 is 6.09 Å². The van der Waals surface area contributed by atoms with Crippen molar-refractivity contribution in [3.8, 4) is 0 Å². The largest absolute Gasteiger partial charge is 0.444 e. The molecular formula is C16H31NO3. The Hall–Kier alpha value is -0.770. The third kappa shape index (κ3) is 6.60. The van der Waals surface area contributed by atoms with Crippen molar-refractivity contribution >= 4 is 6.09 Å². The highest BCUT2D eigenvalue weighted by molar-refractivity contribution is 5.68. The number of amides is 1. The van der Waals surface area contributed by atoms with Gasteiger partial charge in [0.1, 0.15) is 5.60 Å². The zero-order chi connectivity index (χ0) is 15.4. The van der Waals surface area contributed by atoms with Gasteiger partial charge in [-0.15, -0.1) is 0 Å². The van der Waals surface area contributed by atoms with Crippen molar-refractivity contribution in [2.45, 2.75) is 90.4 Å². The van der Waals surface area contributed by atoms with Crippen LogP contribution in [-0.2, 0) is 4.74 Å². The van der Waals surface area contributed by atoms with Crippen molar-refractivity contribution in [3.63, 3.8) is 0 Å². The Bertz CT molecular complexity index is 309. The van der Waals surface area contributed by atoms with Gasteiger partial charge in [-0.1, -0.05) is 32.1 Å². The van der Waals surface area contributed by atoms with Crippen LogP contribution in [0.5, 0.6) is 0 Å². The molecule has 1 atom stereocenters. The normalized spacial score (nSPS) is 19.5. The van der Waals surface area contributed by atoms with E-state index >= 15 is 0 Å². The number of ether oxygens (including phenoxy) is 1. The molecule has 0 spiro atoms. The van der Waals surface area contributed by atoms with Crippen LogP contribution in [0.25, 0.3) is 0 Å². The van der Waals surface area contributed by atoms with Crippen molar-refractivity contribution in [1.82, 2.24) is 5.32 Å². The Morgan fingerprint density at radius 3 is 2.20 bits per heavy atom. The van der Waals surface area contributed by atoms with E-state index in [1.807, 2.05) is 20.8 Å². The van der Waals surface area contributed by atoms with Crippen molar-refractivity contribution in [1.29, 1.82) is 0 Å². The van der Waals surface area contributed by atoms with Gasteiger partial charge in [-0.3, -0.25) is 0 Å². The van der Waals surface area contributed by atoms with Crippen LogP contribution in [-0.4, -0.2) is 28.4 Å². The Morgan fingerprint density at radius 1 is 1.20 bits per heavy atom. The zero-order valence-electron chi connectivity index (χ0n) is 13.7. The summed E-state index contributed by atoms with van der Waals surface area (Å²) in [5, 5.41) is 13.1. The summed E-state index contributed by atoms with van der Waals surface area (Å²) < 4.78 is 5.29. The van der Waals surface area contributed by atoms with Crippen LogP contribution in [0.3, 0.4) is 0 Å². The second-order valence-electron chi connectivity index (χ2n) is 7.59. The molecule has 0 unspecified atom stereocenters. The fourth-order valence-electron chi connectivity index (χ4n) is 2.73. The highest BCUT2D eigenvalue weighted by atomic mass is 16.6. The summed E-state index contributed by atoms with van der Waals surface area (Å²) in [7, 11) is 0. The van der Waals surface area contributed by atoms with Gasteiger partial charge in [0.2, 0.25) is 0 Å². The Kier molecular flexibility index (Phi) is 5.87. The van der Waals surface area contributed by atoms with Crippen LogP contribution < -0.4 is 5.32 Å². The summed E-state index contributed by atoms with van der Waals surface area (Å²) in [5.41, 5.74) is -1.45. The number of hydrogen-bond donors (Lipinski definition) is 2. The van der Waals surface area contributed by atoms with Crippen molar-refractivity contribution in [2.24, 2.45) is 5.92 Å². The number of carbonyl (C=O) groups excluding carboxylic acids is 1. The number of alkyl carbamates (subject to hydrolysis) is 1. The molecule has 4 heteroatoms. The van der Waals surface area contributed by atoms with Gasteiger partial charge < -0.3 is 15.2 Å². The van der Waals surface area contributed by atoms with Gasteiger partial charge in [-0.25, -0.2) is 4.79 Å². The number of carbonyl (C=O) groups is 1. The summed E-state index contributed by atoms with van der Waals surface area (Å²) in [6.07, 6.45) is 6.60. The van der Waals surface area contributed by atoms with E-state index in [1.165, 1.54) is 32.1 Å². The molecule has 0 aromatic rings. The van der Waals surface area contributed by atoms with E-state index in [4.69, 9.17) is 4.74 Å². The highest BCUT2D eigenvalue weighted by Crippen LogP contribution is 2.29. The molecule has 0 saturated heterocycles. The minimum Gasteiger partial charge on any atom is -0.444 e. The molecule has 1 fully saturated rings. The van der Waals surface area contributed by atoms with Crippen LogP contribution in [0.4, 0.5) is 4.79 Å².